The Morgan fingerprint density at radius 2 is 1.90 bits per heavy atom. The second kappa shape index (κ2) is 10.3. The summed E-state index contributed by atoms with van der Waals surface area (Å²) in [7, 11) is 1.77. The van der Waals surface area contributed by atoms with Gasteiger partial charge in [0.05, 0.1) is 25.8 Å². The molecule has 1 aromatic carbocycles. The van der Waals surface area contributed by atoms with Crippen molar-refractivity contribution in [3.8, 4) is 5.75 Å². The van der Waals surface area contributed by atoms with Crippen molar-refractivity contribution in [2.45, 2.75) is 19.9 Å². The first kappa shape index (κ1) is 21.2. The Morgan fingerprint density at radius 3 is 2.55 bits per heavy atom. The number of hydrogen-bond acceptors (Lipinski definition) is 5. The summed E-state index contributed by atoms with van der Waals surface area (Å²) in [5.74, 6) is 2.55. The van der Waals surface area contributed by atoms with E-state index in [1.165, 1.54) is 5.56 Å². The maximum atomic E-state index is 12.5. The summed E-state index contributed by atoms with van der Waals surface area (Å²) in [4.78, 5) is 16.5. The van der Waals surface area contributed by atoms with Crippen LogP contribution in [-0.4, -0.2) is 68.9 Å². The molecular weight excluding hydrogens is 370 g/mol. The number of nitrogens with zero attached hydrogens (tertiary/aromatic N) is 2. The molecule has 2 amide bonds. The third-order valence-corrected chi connectivity index (χ3v) is 5.09. The molecule has 1 fully saturated rings. The average Bonchev–Trinajstić information content (AvgIpc) is 3.16. The minimum Gasteiger partial charge on any atom is -0.492 e. The lowest BCUT2D eigenvalue weighted by Gasteiger charge is -2.33. The van der Waals surface area contributed by atoms with Crippen molar-refractivity contribution in [3.63, 3.8) is 0 Å². The second-order valence-corrected chi connectivity index (χ2v) is 7.38. The highest BCUT2D eigenvalue weighted by atomic mass is 16.5. The molecule has 0 saturated carbocycles. The molecule has 1 saturated heterocycles. The van der Waals surface area contributed by atoms with Gasteiger partial charge in [0.1, 0.15) is 23.9 Å². The van der Waals surface area contributed by atoms with Gasteiger partial charge in [-0.3, -0.25) is 4.90 Å². The summed E-state index contributed by atoms with van der Waals surface area (Å²) >= 11 is 0. The standard InChI is InChI=1S/C22H31N3O4/c1-17-4-7-19(8-5-17)28-15-10-24(3)22(26)23-16-20(21-9-6-18(2)29-21)25-11-13-27-14-12-25/h4-9,20H,10-16H2,1-3H3,(H,23,26). The number of amides is 2. The molecule has 0 aliphatic carbocycles. The fraction of sp³-hybridized carbons (Fsp3) is 0.500. The zero-order chi connectivity index (χ0) is 20.6. The molecule has 1 aliphatic rings. The SMILES string of the molecule is Cc1ccc(OCCN(C)C(=O)NCC(c2ccc(C)o2)N2CCOCC2)cc1. The van der Waals surface area contributed by atoms with Crippen molar-refractivity contribution in [3.05, 3.63) is 53.5 Å². The number of nitrogens with one attached hydrogen (secondary N) is 1. The Morgan fingerprint density at radius 1 is 1.17 bits per heavy atom. The maximum absolute atomic E-state index is 12.5. The number of morpholine rings is 1. The molecule has 1 aliphatic heterocycles. The number of likely N-dealkylation sites (N-methyl/N-ethyl adjacent to an activating group) is 1. The smallest absolute Gasteiger partial charge is 0.317 e. The molecule has 1 atom stereocenters. The molecule has 0 bridgehead atoms. The van der Waals surface area contributed by atoms with E-state index < -0.39 is 0 Å². The van der Waals surface area contributed by atoms with Crippen LogP contribution in [0.15, 0.2) is 40.8 Å². The number of rotatable bonds is 8. The second-order valence-electron chi connectivity index (χ2n) is 7.38. The van der Waals surface area contributed by atoms with Gasteiger partial charge in [0, 0.05) is 26.7 Å². The number of ether oxygens (including phenoxy) is 2. The highest BCUT2D eigenvalue weighted by Crippen LogP contribution is 2.23. The first-order chi connectivity index (χ1) is 14.0. The summed E-state index contributed by atoms with van der Waals surface area (Å²) in [5.41, 5.74) is 1.19. The van der Waals surface area contributed by atoms with Crippen LogP contribution in [-0.2, 0) is 4.74 Å². The van der Waals surface area contributed by atoms with E-state index in [9.17, 15) is 4.79 Å². The van der Waals surface area contributed by atoms with Crippen LogP contribution < -0.4 is 10.1 Å². The van der Waals surface area contributed by atoms with Crippen LogP contribution in [0.3, 0.4) is 0 Å². The number of urea groups is 1. The van der Waals surface area contributed by atoms with Gasteiger partial charge < -0.3 is 24.1 Å². The van der Waals surface area contributed by atoms with Gasteiger partial charge in [-0.1, -0.05) is 17.7 Å². The normalized spacial score (nSPS) is 15.7. The van der Waals surface area contributed by atoms with Gasteiger partial charge in [-0.2, -0.15) is 0 Å². The topological polar surface area (TPSA) is 67.2 Å². The predicted octanol–water partition coefficient (Wildman–Crippen LogP) is 2.99. The van der Waals surface area contributed by atoms with Gasteiger partial charge in [-0.25, -0.2) is 4.79 Å². The molecule has 7 nitrogen and oxygen atoms in total. The molecule has 3 rings (SSSR count). The molecule has 0 spiro atoms. The lowest BCUT2D eigenvalue weighted by Crippen LogP contribution is -2.46. The van der Waals surface area contributed by atoms with Crippen LogP contribution in [0.1, 0.15) is 23.1 Å². The molecule has 158 valence electrons. The van der Waals surface area contributed by atoms with Crippen molar-refractivity contribution < 1.29 is 18.7 Å². The van der Waals surface area contributed by atoms with Crippen molar-refractivity contribution in [2.24, 2.45) is 0 Å². The fourth-order valence-corrected chi connectivity index (χ4v) is 3.29. The van der Waals surface area contributed by atoms with Crippen molar-refractivity contribution in [2.75, 3.05) is 53.0 Å². The Kier molecular flexibility index (Phi) is 7.55. The van der Waals surface area contributed by atoms with E-state index in [1.54, 1.807) is 11.9 Å². The summed E-state index contributed by atoms with van der Waals surface area (Å²) < 4.78 is 17.0. The minimum atomic E-state index is -0.126. The lowest BCUT2D eigenvalue weighted by molar-refractivity contribution is 0.0119. The molecule has 29 heavy (non-hydrogen) atoms. The number of furan rings is 1. The minimum absolute atomic E-state index is 0.00578. The molecule has 7 heteroatoms. The molecule has 2 heterocycles. The van der Waals surface area contributed by atoms with Crippen LogP contribution in [0.5, 0.6) is 5.75 Å². The van der Waals surface area contributed by atoms with Gasteiger partial charge in [0.2, 0.25) is 0 Å². The number of hydrogen-bond donors (Lipinski definition) is 1. The van der Waals surface area contributed by atoms with Crippen LogP contribution >= 0.6 is 0 Å². The highest BCUT2D eigenvalue weighted by molar-refractivity contribution is 5.73. The third kappa shape index (κ3) is 6.24. The number of carbonyl (C=O) groups excluding carboxylic acids is 1. The summed E-state index contributed by atoms with van der Waals surface area (Å²) in [6, 6.07) is 11.7. The lowest BCUT2D eigenvalue weighted by atomic mass is 10.1. The highest BCUT2D eigenvalue weighted by Gasteiger charge is 2.26. The first-order valence-electron chi connectivity index (χ1n) is 10.1. The van der Waals surface area contributed by atoms with Gasteiger partial charge >= 0.3 is 6.03 Å². The molecule has 1 N–H and O–H groups in total. The van der Waals surface area contributed by atoms with Gasteiger partial charge in [0.15, 0.2) is 0 Å². The maximum Gasteiger partial charge on any atom is 0.317 e. The van der Waals surface area contributed by atoms with Gasteiger partial charge in [-0.15, -0.1) is 0 Å². The third-order valence-electron chi connectivity index (χ3n) is 5.09. The zero-order valence-corrected chi connectivity index (χ0v) is 17.5. The Bertz CT molecular complexity index is 769. The zero-order valence-electron chi connectivity index (χ0n) is 17.5. The number of benzene rings is 1. The van der Waals surface area contributed by atoms with Crippen molar-refractivity contribution in [1.82, 2.24) is 15.1 Å². The van der Waals surface area contributed by atoms with E-state index in [2.05, 4.69) is 10.2 Å². The monoisotopic (exact) mass is 401 g/mol. The summed E-state index contributed by atoms with van der Waals surface area (Å²) in [6.45, 7) is 8.42. The summed E-state index contributed by atoms with van der Waals surface area (Å²) in [6.07, 6.45) is 0. The Labute approximate surface area is 172 Å². The largest absolute Gasteiger partial charge is 0.492 e. The number of aryl methyl sites for hydroxylation is 2. The average molecular weight is 402 g/mol. The number of carbonyl (C=O) groups is 1. The van der Waals surface area contributed by atoms with E-state index >= 15 is 0 Å². The van der Waals surface area contributed by atoms with Crippen LogP contribution in [0, 0.1) is 13.8 Å². The molecular formula is C22H31N3O4. The van der Waals surface area contributed by atoms with Crippen LogP contribution in [0.25, 0.3) is 0 Å². The van der Waals surface area contributed by atoms with Gasteiger partial charge in [0.25, 0.3) is 0 Å². The molecule has 1 unspecified atom stereocenters. The molecule has 2 aromatic rings. The predicted molar refractivity (Wildman–Crippen MR) is 111 cm³/mol. The van der Waals surface area contributed by atoms with Crippen LogP contribution in [0.2, 0.25) is 0 Å². The van der Waals surface area contributed by atoms with Crippen molar-refractivity contribution >= 4 is 6.03 Å². The Balaban J connectivity index is 1.48. The van der Waals surface area contributed by atoms with Crippen molar-refractivity contribution in [1.29, 1.82) is 0 Å². The summed E-state index contributed by atoms with van der Waals surface area (Å²) in [5, 5.41) is 3.03. The van der Waals surface area contributed by atoms with E-state index in [0.29, 0.717) is 32.9 Å². The van der Waals surface area contributed by atoms with E-state index in [4.69, 9.17) is 13.9 Å². The van der Waals surface area contributed by atoms with Gasteiger partial charge in [-0.05, 0) is 38.1 Å². The quantitative estimate of drug-likeness (QED) is 0.737. The van der Waals surface area contributed by atoms with E-state index in [0.717, 1.165) is 30.4 Å². The van der Waals surface area contributed by atoms with Crippen LogP contribution in [0.4, 0.5) is 4.79 Å². The fourth-order valence-electron chi connectivity index (χ4n) is 3.29. The first-order valence-corrected chi connectivity index (χ1v) is 10.1. The molecule has 1 aromatic heterocycles. The Hall–Kier alpha value is -2.51. The molecule has 0 radical (unpaired) electrons. The van der Waals surface area contributed by atoms with E-state index in [1.807, 2.05) is 50.2 Å². The van der Waals surface area contributed by atoms with E-state index in [-0.39, 0.29) is 12.1 Å².